The van der Waals surface area contributed by atoms with Crippen LogP contribution in [0.1, 0.15) is 28.3 Å². The fourth-order valence-corrected chi connectivity index (χ4v) is 5.59. The molecular weight excluding hydrogens is 498 g/mol. The maximum Gasteiger partial charge on any atom is 0.0609 e. The summed E-state index contributed by atoms with van der Waals surface area (Å²) >= 11 is 4.85. The van der Waals surface area contributed by atoms with E-state index in [-0.39, 0.29) is 0 Å². The van der Waals surface area contributed by atoms with Crippen LogP contribution in [0.15, 0.2) is 30.3 Å². The molecule has 4 heteroatoms. The summed E-state index contributed by atoms with van der Waals surface area (Å²) in [5.74, 6) is 0. The number of nitrogens with one attached hydrogen (secondary N) is 2. The summed E-state index contributed by atoms with van der Waals surface area (Å²) in [5.41, 5.74) is 6.97. The van der Waals surface area contributed by atoms with Crippen molar-refractivity contribution in [2.75, 3.05) is 18.9 Å². The quantitative estimate of drug-likeness (QED) is 0.578. The number of anilines is 1. The molecule has 0 aliphatic carbocycles. The first kappa shape index (κ1) is 16.5. The third-order valence-corrected chi connectivity index (χ3v) is 5.96. The fraction of sp³-hybridized carbons (Fsp3) is 0.333. The number of aryl methyl sites for hydroxylation is 1. The molecule has 1 unspecified atom stereocenters. The minimum atomic E-state index is 0.427. The van der Waals surface area contributed by atoms with Crippen molar-refractivity contribution in [1.82, 2.24) is 5.32 Å². The third-order valence-electron chi connectivity index (χ3n) is 4.25. The highest BCUT2D eigenvalue weighted by Crippen LogP contribution is 2.31. The van der Waals surface area contributed by atoms with Gasteiger partial charge in [0.05, 0.1) is 5.69 Å². The Morgan fingerprint density at radius 3 is 2.59 bits per heavy atom. The minimum Gasteiger partial charge on any atom is -0.386 e. The standard InChI is InChI=1S/C18H20I2N2/c1-11-3-4-13-5-6-22-17(14(13)7-11)10-12-8-15(19)18(21-2)16(20)9-12/h3-4,7-9,17,21-22H,5-6,10H2,1-2H3. The first-order valence-corrected chi connectivity index (χ1v) is 9.72. The van der Waals surface area contributed by atoms with E-state index in [1.807, 2.05) is 7.05 Å². The van der Waals surface area contributed by atoms with Crippen LogP contribution in [-0.4, -0.2) is 13.6 Å². The minimum absolute atomic E-state index is 0.427. The van der Waals surface area contributed by atoms with Crippen LogP contribution in [-0.2, 0) is 12.8 Å². The molecule has 0 radical (unpaired) electrons. The lowest BCUT2D eigenvalue weighted by Crippen LogP contribution is -2.31. The maximum absolute atomic E-state index is 3.70. The van der Waals surface area contributed by atoms with Crippen LogP contribution in [0.3, 0.4) is 0 Å². The predicted molar refractivity (Wildman–Crippen MR) is 111 cm³/mol. The molecule has 1 heterocycles. The van der Waals surface area contributed by atoms with Crippen LogP contribution >= 0.6 is 45.2 Å². The molecular formula is C18H20I2N2. The highest BCUT2D eigenvalue weighted by atomic mass is 127. The monoisotopic (exact) mass is 518 g/mol. The molecule has 0 aromatic heterocycles. The van der Waals surface area contributed by atoms with Gasteiger partial charge >= 0.3 is 0 Å². The molecule has 3 rings (SSSR count). The summed E-state index contributed by atoms with van der Waals surface area (Å²) < 4.78 is 2.59. The Balaban J connectivity index is 1.90. The van der Waals surface area contributed by atoms with Crippen molar-refractivity contribution in [1.29, 1.82) is 0 Å². The van der Waals surface area contributed by atoms with Crippen LogP contribution in [0.5, 0.6) is 0 Å². The molecule has 1 aliphatic heterocycles. The Morgan fingerprint density at radius 2 is 1.91 bits per heavy atom. The summed E-state index contributed by atoms with van der Waals surface area (Å²) in [6, 6.07) is 11.9. The topological polar surface area (TPSA) is 24.1 Å². The molecule has 1 aliphatic rings. The van der Waals surface area contributed by atoms with Crippen LogP contribution in [0, 0.1) is 14.1 Å². The lowest BCUT2D eigenvalue weighted by Gasteiger charge is -2.28. The highest BCUT2D eigenvalue weighted by Gasteiger charge is 2.20. The molecule has 2 nitrogen and oxygen atoms in total. The Bertz CT molecular complexity index is 674. The third kappa shape index (κ3) is 3.43. The first-order chi connectivity index (χ1) is 10.6. The van der Waals surface area contributed by atoms with E-state index in [0.29, 0.717) is 6.04 Å². The highest BCUT2D eigenvalue weighted by molar-refractivity contribution is 14.1. The van der Waals surface area contributed by atoms with E-state index in [1.54, 1.807) is 0 Å². The van der Waals surface area contributed by atoms with Gasteiger partial charge in [-0.2, -0.15) is 0 Å². The molecule has 0 saturated heterocycles. The average Bonchev–Trinajstić information content (AvgIpc) is 2.47. The van der Waals surface area contributed by atoms with Gasteiger partial charge in [-0.3, -0.25) is 0 Å². The second-order valence-corrected chi connectivity index (χ2v) is 8.17. The van der Waals surface area contributed by atoms with E-state index in [1.165, 1.54) is 35.1 Å². The Kier molecular flexibility index (Phi) is 5.29. The number of rotatable bonds is 3. The van der Waals surface area contributed by atoms with Gasteiger partial charge in [-0.25, -0.2) is 0 Å². The zero-order valence-corrected chi connectivity index (χ0v) is 17.2. The number of hydrogen-bond donors (Lipinski definition) is 2. The second kappa shape index (κ2) is 7.05. The molecule has 0 spiro atoms. The van der Waals surface area contributed by atoms with Crippen molar-refractivity contribution < 1.29 is 0 Å². The first-order valence-electron chi connectivity index (χ1n) is 7.57. The van der Waals surface area contributed by atoms with E-state index < -0.39 is 0 Å². The molecule has 0 saturated carbocycles. The van der Waals surface area contributed by atoms with Gasteiger partial charge in [0, 0.05) is 20.2 Å². The largest absolute Gasteiger partial charge is 0.386 e. The Morgan fingerprint density at radius 1 is 1.18 bits per heavy atom. The normalized spacial score (nSPS) is 17.2. The van der Waals surface area contributed by atoms with Gasteiger partial charge in [0.1, 0.15) is 0 Å². The molecule has 2 aromatic carbocycles. The molecule has 2 N–H and O–H groups in total. The summed E-state index contributed by atoms with van der Waals surface area (Å²) in [7, 11) is 1.99. The van der Waals surface area contributed by atoms with Gasteiger partial charge in [0.2, 0.25) is 0 Å². The van der Waals surface area contributed by atoms with E-state index in [2.05, 4.69) is 93.1 Å². The predicted octanol–water partition coefficient (Wildman–Crippen LogP) is 4.68. The number of halogens is 2. The zero-order chi connectivity index (χ0) is 15.7. The second-order valence-electron chi connectivity index (χ2n) is 5.85. The van der Waals surface area contributed by atoms with Gasteiger partial charge in [-0.1, -0.05) is 23.8 Å². The lowest BCUT2D eigenvalue weighted by atomic mass is 9.89. The lowest BCUT2D eigenvalue weighted by molar-refractivity contribution is 0.502. The van der Waals surface area contributed by atoms with Crippen molar-refractivity contribution in [2.45, 2.75) is 25.8 Å². The average molecular weight is 518 g/mol. The molecule has 1 atom stereocenters. The molecule has 0 bridgehead atoms. The van der Waals surface area contributed by atoms with Crippen molar-refractivity contribution in [2.24, 2.45) is 0 Å². The van der Waals surface area contributed by atoms with Crippen LogP contribution in [0.4, 0.5) is 5.69 Å². The van der Waals surface area contributed by atoms with E-state index in [4.69, 9.17) is 0 Å². The fourth-order valence-electron chi connectivity index (χ4n) is 3.16. The van der Waals surface area contributed by atoms with E-state index >= 15 is 0 Å². The molecule has 0 fully saturated rings. The van der Waals surface area contributed by atoms with Gasteiger partial charge in [-0.05, 0) is 100 Å². The van der Waals surface area contributed by atoms with Crippen molar-refractivity contribution >= 4 is 50.9 Å². The van der Waals surface area contributed by atoms with Gasteiger partial charge in [0.15, 0.2) is 0 Å². The van der Waals surface area contributed by atoms with Crippen LogP contribution in [0.25, 0.3) is 0 Å². The summed E-state index contributed by atoms with van der Waals surface area (Å²) in [6.07, 6.45) is 2.19. The Labute approximate surface area is 159 Å². The number of hydrogen-bond acceptors (Lipinski definition) is 2. The van der Waals surface area contributed by atoms with Crippen LogP contribution < -0.4 is 10.6 Å². The van der Waals surface area contributed by atoms with E-state index in [0.717, 1.165) is 19.4 Å². The number of benzene rings is 2. The summed E-state index contributed by atoms with van der Waals surface area (Å²) in [5, 5.41) is 6.98. The Hall–Kier alpha value is -0.340. The van der Waals surface area contributed by atoms with Gasteiger partial charge in [-0.15, -0.1) is 0 Å². The van der Waals surface area contributed by atoms with E-state index in [9.17, 15) is 0 Å². The van der Waals surface area contributed by atoms with Crippen molar-refractivity contribution in [3.05, 3.63) is 59.7 Å². The summed E-state index contributed by atoms with van der Waals surface area (Å²) in [6.45, 7) is 3.25. The van der Waals surface area contributed by atoms with Crippen LogP contribution in [0.2, 0.25) is 0 Å². The smallest absolute Gasteiger partial charge is 0.0609 e. The molecule has 22 heavy (non-hydrogen) atoms. The molecule has 116 valence electrons. The van der Waals surface area contributed by atoms with Gasteiger partial charge < -0.3 is 10.6 Å². The number of fused-ring (bicyclic) bond motifs is 1. The van der Waals surface area contributed by atoms with Crippen molar-refractivity contribution in [3.8, 4) is 0 Å². The zero-order valence-electron chi connectivity index (χ0n) is 12.8. The molecule has 2 aromatic rings. The van der Waals surface area contributed by atoms with Crippen molar-refractivity contribution in [3.63, 3.8) is 0 Å². The maximum atomic E-state index is 3.70. The SMILES string of the molecule is CNc1c(I)cc(CC2NCCc3ccc(C)cc32)cc1I. The summed E-state index contributed by atoms with van der Waals surface area (Å²) in [4.78, 5) is 0. The van der Waals surface area contributed by atoms with Gasteiger partial charge in [0.25, 0.3) is 0 Å². The molecule has 0 amide bonds.